The van der Waals surface area contributed by atoms with Crippen molar-refractivity contribution < 1.29 is 4.42 Å². The first kappa shape index (κ1) is 9.99. The number of hydrogen-bond donors (Lipinski definition) is 0. The summed E-state index contributed by atoms with van der Waals surface area (Å²) < 4.78 is 5.55. The van der Waals surface area contributed by atoms with Gasteiger partial charge in [0.15, 0.2) is 0 Å². The first-order chi connectivity index (χ1) is 6.75. The number of alkyl halides is 1. The highest BCUT2D eigenvalue weighted by molar-refractivity contribution is 9.09. The van der Waals surface area contributed by atoms with Crippen molar-refractivity contribution in [1.82, 2.24) is 0 Å². The summed E-state index contributed by atoms with van der Waals surface area (Å²) in [6, 6.07) is 8.25. The second kappa shape index (κ2) is 4.32. The van der Waals surface area contributed by atoms with Crippen molar-refractivity contribution in [3.05, 3.63) is 46.0 Å². The zero-order chi connectivity index (χ0) is 9.97. The Morgan fingerprint density at radius 3 is 2.86 bits per heavy atom. The Balaban J connectivity index is 2.06. The molecule has 2 aromatic heterocycles. The van der Waals surface area contributed by atoms with E-state index in [-0.39, 0.29) is 4.83 Å². The van der Waals surface area contributed by atoms with Crippen molar-refractivity contribution in [2.45, 2.75) is 18.2 Å². The summed E-state index contributed by atoms with van der Waals surface area (Å²) in [5.41, 5.74) is 0. The summed E-state index contributed by atoms with van der Waals surface area (Å²) >= 11 is 5.41. The van der Waals surface area contributed by atoms with E-state index in [0.717, 1.165) is 17.9 Å². The van der Waals surface area contributed by atoms with E-state index >= 15 is 0 Å². The number of halogens is 1. The van der Waals surface area contributed by atoms with Crippen molar-refractivity contribution >= 4 is 27.3 Å². The molecule has 14 heavy (non-hydrogen) atoms. The summed E-state index contributed by atoms with van der Waals surface area (Å²) in [4.78, 5) is 1.66. The SMILES string of the molecule is Cc1ccc(C(Br)Cc2cccs2)o1. The lowest BCUT2D eigenvalue weighted by atomic mass is 10.2. The minimum atomic E-state index is 0.287. The van der Waals surface area contributed by atoms with Gasteiger partial charge in [-0.15, -0.1) is 11.3 Å². The smallest absolute Gasteiger partial charge is 0.118 e. The van der Waals surface area contributed by atoms with Gasteiger partial charge in [-0.25, -0.2) is 0 Å². The molecule has 74 valence electrons. The number of hydrogen-bond acceptors (Lipinski definition) is 2. The lowest BCUT2D eigenvalue weighted by molar-refractivity contribution is 0.481. The van der Waals surface area contributed by atoms with Crippen molar-refractivity contribution in [3.8, 4) is 0 Å². The molecular weight excluding hydrogens is 260 g/mol. The monoisotopic (exact) mass is 270 g/mol. The molecular formula is C11H11BrOS. The van der Waals surface area contributed by atoms with E-state index in [1.165, 1.54) is 4.88 Å². The molecule has 1 atom stereocenters. The molecule has 1 unspecified atom stereocenters. The van der Waals surface area contributed by atoms with E-state index in [2.05, 4.69) is 33.4 Å². The molecule has 2 rings (SSSR count). The summed E-state index contributed by atoms with van der Waals surface area (Å²) in [6.07, 6.45) is 0.991. The predicted molar refractivity (Wildman–Crippen MR) is 63.1 cm³/mol. The van der Waals surface area contributed by atoms with E-state index in [4.69, 9.17) is 4.42 Å². The largest absolute Gasteiger partial charge is 0.465 e. The van der Waals surface area contributed by atoms with Gasteiger partial charge >= 0.3 is 0 Å². The third-order valence-corrected chi connectivity index (χ3v) is 3.70. The topological polar surface area (TPSA) is 13.1 Å². The molecule has 0 radical (unpaired) electrons. The van der Waals surface area contributed by atoms with Crippen LogP contribution in [-0.4, -0.2) is 0 Å². The Bertz CT molecular complexity index is 391. The van der Waals surface area contributed by atoms with Gasteiger partial charge in [0.05, 0.1) is 4.83 Å². The van der Waals surface area contributed by atoms with Crippen molar-refractivity contribution in [2.24, 2.45) is 0 Å². The molecule has 3 heteroatoms. The highest BCUT2D eigenvalue weighted by Gasteiger charge is 2.12. The average Bonchev–Trinajstić information content (AvgIpc) is 2.75. The van der Waals surface area contributed by atoms with Gasteiger partial charge in [0, 0.05) is 11.3 Å². The number of rotatable bonds is 3. The highest BCUT2D eigenvalue weighted by Crippen LogP contribution is 2.29. The summed E-state index contributed by atoms with van der Waals surface area (Å²) in [6.45, 7) is 1.97. The first-order valence-corrected chi connectivity index (χ1v) is 6.28. The molecule has 0 amide bonds. The maximum atomic E-state index is 5.55. The molecule has 0 saturated heterocycles. The van der Waals surface area contributed by atoms with Gasteiger partial charge in [-0.3, -0.25) is 0 Å². The Kier molecular flexibility index (Phi) is 3.08. The second-order valence-electron chi connectivity index (χ2n) is 3.20. The second-order valence-corrected chi connectivity index (χ2v) is 5.34. The molecule has 0 aliphatic carbocycles. The quantitative estimate of drug-likeness (QED) is 0.757. The van der Waals surface area contributed by atoms with Crippen LogP contribution in [0.2, 0.25) is 0 Å². The third-order valence-electron chi connectivity index (χ3n) is 2.03. The minimum absolute atomic E-state index is 0.287. The fourth-order valence-electron chi connectivity index (χ4n) is 1.33. The molecule has 0 N–H and O–H groups in total. The van der Waals surface area contributed by atoms with Crippen molar-refractivity contribution in [1.29, 1.82) is 0 Å². The van der Waals surface area contributed by atoms with Crippen LogP contribution in [0.3, 0.4) is 0 Å². The van der Waals surface area contributed by atoms with E-state index in [1.54, 1.807) is 11.3 Å². The standard InChI is InChI=1S/C11H11BrOS/c1-8-4-5-11(13-8)10(12)7-9-3-2-6-14-9/h2-6,10H,7H2,1H3. The summed E-state index contributed by atoms with van der Waals surface area (Å²) in [5.74, 6) is 1.98. The van der Waals surface area contributed by atoms with E-state index in [9.17, 15) is 0 Å². The molecule has 0 saturated carbocycles. The Morgan fingerprint density at radius 2 is 2.29 bits per heavy atom. The van der Waals surface area contributed by atoms with Crippen LogP contribution >= 0.6 is 27.3 Å². The molecule has 0 aliphatic rings. The zero-order valence-electron chi connectivity index (χ0n) is 7.87. The fourth-order valence-corrected chi connectivity index (χ4v) is 2.89. The van der Waals surface area contributed by atoms with Crippen molar-refractivity contribution in [2.75, 3.05) is 0 Å². The number of thiophene rings is 1. The summed E-state index contributed by atoms with van der Waals surface area (Å²) in [7, 11) is 0. The Morgan fingerprint density at radius 1 is 1.43 bits per heavy atom. The molecule has 0 bridgehead atoms. The van der Waals surface area contributed by atoms with Gasteiger partial charge in [0.25, 0.3) is 0 Å². The van der Waals surface area contributed by atoms with Gasteiger partial charge in [-0.1, -0.05) is 22.0 Å². The zero-order valence-corrected chi connectivity index (χ0v) is 10.3. The molecule has 1 nitrogen and oxygen atoms in total. The molecule has 2 aromatic rings. The van der Waals surface area contributed by atoms with Crippen LogP contribution in [0, 0.1) is 6.92 Å². The van der Waals surface area contributed by atoms with E-state index in [1.807, 2.05) is 19.1 Å². The molecule has 0 aliphatic heterocycles. The van der Waals surface area contributed by atoms with Crippen LogP contribution < -0.4 is 0 Å². The third kappa shape index (κ3) is 2.28. The highest BCUT2D eigenvalue weighted by atomic mass is 79.9. The maximum absolute atomic E-state index is 5.55. The van der Waals surface area contributed by atoms with Gasteiger partial charge in [-0.05, 0) is 30.5 Å². The fraction of sp³-hybridized carbons (Fsp3) is 0.273. The number of furan rings is 1. The number of aryl methyl sites for hydroxylation is 1. The van der Waals surface area contributed by atoms with Gasteiger partial charge < -0.3 is 4.42 Å². The van der Waals surface area contributed by atoms with Crippen LogP contribution in [0.1, 0.15) is 21.2 Å². The van der Waals surface area contributed by atoms with Gasteiger partial charge in [0.2, 0.25) is 0 Å². The maximum Gasteiger partial charge on any atom is 0.118 e. The van der Waals surface area contributed by atoms with Crippen LogP contribution in [0.4, 0.5) is 0 Å². The van der Waals surface area contributed by atoms with Gasteiger partial charge in [-0.2, -0.15) is 0 Å². The minimum Gasteiger partial charge on any atom is -0.465 e. The molecule has 2 heterocycles. The van der Waals surface area contributed by atoms with Crippen molar-refractivity contribution in [3.63, 3.8) is 0 Å². The Hall–Kier alpha value is -0.540. The average molecular weight is 271 g/mol. The normalized spacial score (nSPS) is 13.0. The summed E-state index contributed by atoms with van der Waals surface area (Å²) in [5, 5.41) is 2.10. The first-order valence-electron chi connectivity index (χ1n) is 4.48. The lowest BCUT2D eigenvalue weighted by Gasteiger charge is -2.04. The molecule has 0 fully saturated rings. The van der Waals surface area contributed by atoms with E-state index < -0.39 is 0 Å². The Labute approximate surface area is 95.9 Å². The molecule has 0 spiro atoms. The van der Waals surface area contributed by atoms with Crippen LogP contribution in [0.15, 0.2) is 34.1 Å². The lowest BCUT2D eigenvalue weighted by Crippen LogP contribution is -1.90. The molecule has 0 aromatic carbocycles. The van der Waals surface area contributed by atoms with Crippen LogP contribution in [0.25, 0.3) is 0 Å². The predicted octanol–water partition coefficient (Wildman–Crippen LogP) is 4.33. The van der Waals surface area contributed by atoms with E-state index in [0.29, 0.717) is 0 Å². The van der Waals surface area contributed by atoms with Gasteiger partial charge in [0.1, 0.15) is 11.5 Å². The van der Waals surface area contributed by atoms with Crippen LogP contribution in [0.5, 0.6) is 0 Å². The van der Waals surface area contributed by atoms with Crippen LogP contribution in [-0.2, 0) is 6.42 Å².